The second-order valence-corrected chi connectivity index (χ2v) is 3.45. The van der Waals surface area contributed by atoms with Gasteiger partial charge < -0.3 is 11.1 Å². The molecule has 1 aliphatic carbocycles. The van der Waals surface area contributed by atoms with E-state index in [1.165, 1.54) is 32.1 Å². The molecular formula is C10H20N2. The minimum absolute atomic E-state index is 0.659. The summed E-state index contributed by atoms with van der Waals surface area (Å²) in [5.41, 5.74) is 5.33. The zero-order valence-electron chi connectivity index (χ0n) is 7.76. The van der Waals surface area contributed by atoms with Gasteiger partial charge in [-0.15, -0.1) is 0 Å². The summed E-state index contributed by atoms with van der Waals surface area (Å²) >= 11 is 0. The molecule has 0 bridgehead atoms. The van der Waals surface area contributed by atoms with Gasteiger partial charge in [-0.3, -0.25) is 0 Å². The van der Waals surface area contributed by atoms with Crippen LogP contribution in [0.3, 0.4) is 0 Å². The van der Waals surface area contributed by atoms with Crippen molar-refractivity contribution in [2.45, 2.75) is 38.1 Å². The molecule has 0 aromatic heterocycles. The van der Waals surface area contributed by atoms with Gasteiger partial charge in [0.2, 0.25) is 0 Å². The number of hydrogen-bond acceptors (Lipinski definition) is 2. The molecule has 0 radical (unpaired) electrons. The van der Waals surface area contributed by atoms with E-state index in [1.54, 1.807) is 0 Å². The van der Waals surface area contributed by atoms with Gasteiger partial charge in [0, 0.05) is 19.1 Å². The second kappa shape index (κ2) is 6.21. The van der Waals surface area contributed by atoms with Crippen LogP contribution in [-0.4, -0.2) is 19.1 Å². The van der Waals surface area contributed by atoms with E-state index >= 15 is 0 Å². The summed E-state index contributed by atoms with van der Waals surface area (Å²) in [6, 6.07) is 0.765. The third-order valence-corrected chi connectivity index (χ3v) is 2.43. The summed E-state index contributed by atoms with van der Waals surface area (Å²) in [5.74, 6) is 0. The number of rotatable bonds is 4. The Hall–Kier alpha value is -0.340. The first kappa shape index (κ1) is 9.75. The Balaban J connectivity index is 2.01. The highest BCUT2D eigenvalue weighted by Crippen LogP contribution is 2.16. The predicted molar refractivity (Wildman–Crippen MR) is 53.1 cm³/mol. The smallest absolute Gasteiger partial charge is 0.0137 e. The molecular weight excluding hydrogens is 148 g/mol. The van der Waals surface area contributed by atoms with Crippen molar-refractivity contribution in [2.24, 2.45) is 5.73 Å². The summed E-state index contributed by atoms with van der Waals surface area (Å²) in [5, 5.41) is 3.51. The van der Waals surface area contributed by atoms with Crippen molar-refractivity contribution in [3.05, 3.63) is 12.2 Å². The van der Waals surface area contributed by atoms with Crippen LogP contribution in [0.2, 0.25) is 0 Å². The van der Waals surface area contributed by atoms with E-state index in [2.05, 4.69) is 11.4 Å². The summed E-state index contributed by atoms with van der Waals surface area (Å²) in [6.07, 6.45) is 11.1. The molecule has 0 heterocycles. The molecule has 0 amide bonds. The van der Waals surface area contributed by atoms with Gasteiger partial charge in [0.1, 0.15) is 0 Å². The molecule has 0 spiro atoms. The molecule has 12 heavy (non-hydrogen) atoms. The zero-order valence-corrected chi connectivity index (χ0v) is 7.76. The van der Waals surface area contributed by atoms with E-state index in [-0.39, 0.29) is 0 Å². The van der Waals surface area contributed by atoms with Crippen molar-refractivity contribution >= 4 is 0 Å². The van der Waals surface area contributed by atoms with Crippen LogP contribution in [0.5, 0.6) is 0 Å². The maximum atomic E-state index is 5.33. The Morgan fingerprint density at radius 3 is 2.58 bits per heavy atom. The molecule has 70 valence electrons. The lowest BCUT2D eigenvalue weighted by atomic mass is 9.95. The average Bonchev–Trinajstić information content (AvgIpc) is 2.14. The second-order valence-electron chi connectivity index (χ2n) is 3.45. The molecule has 2 nitrogen and oxygen atoms in total. The highest BCUT2D eigenvalue weighted by atomic mass is 14.9. The van der Waals surface area contributed by atoms with Crippen molar-refractivity contribution in [1.29, 1.82) is 0 Å². The van der Waals surface area contributed by atoms with Crippen molar-refractivity contribution in [3.8, 4) is 0 Å². The third kappa shape index (κ3) is 3.88. The summed E-state index contributed by atoms with van der Waals surface area (Å²) in [6.45, 7) is 1.65. The molecule has 0 aromatic carbocycles. The van der Waals surface area contributed by atoms with E-state index in [0.29, 0.717) is 6.54 Å². The molecule has 0 aliphatic heterocycles. The van der Waals surface area contributed by atoms with Crippen molar-refractivity contribution in [2.75, 3.05) is 13.1 Å². The third-order valence-electron chi connectivity index (χ3n) is 2.43. The molecule has 0 saturated heterocycles. The Morgan fingerprint density at radius 2 is 1.92 bits per heavy atom. The molecule has 1 aliphatic rings. The minimum atomic E-state index is 0.659. The van der Waals surface area contributed by atoms with Crippen molar-refractivity contribution < 1.29 is 0 Å². The summed E-state index contributed by atoms with van der Waals surface area (Å²) < 4.78 is 0. The van der Waals surface area contributed by atoms with Gasteiger partial charge in [0.05, 0.1) is 0 Å². The van der Waals surface area contributed by atoms with Gasteiger partial charge in [0.25, 0.3) is 0 Å². The van der Waals surface area contributed by atoms with Crippen LogP contribution in [0.25, 0.3) is 0 Å². The predicted octanol–water partition coefficient (Wildman–Crippen LogP) is 1.42. The highest BCUT2D eigenvalue weighted by Gasteiger charge is 2.10. The van der Waals surface area contributed by atoms with Crippen LogP contribution in [0, 0.1) is 0 Å². The number of hydrogen-bond donors (Lipinski definition) is 2. The summed E-state index contributed by atoms with van der Waals surface area (Å²) in [4.78, 5) is 0. The molecule has 0 unspecified atom stereocenters. The fourth-order valence-electron chi connectivity index (χ4n) is 1.72. The van der Waals surface area contributed by atoms with Crippen LogP contribution in [0.15, 0.2) is 12.2 Å². The lowest BCUT2D eigenvalue weighted by Crippen LogP contribution is -2.31. The SMILES string of the molecule is NC/C=C/CNC1CCCCC1. The minimum Gasteiger partial charge on any atom is -0.327 e. The number of nitrogens with one attached hydrogen (secondary N) is 1. The lowest BCUT2D eigenvalue weighted by Gasteiger charge is -2.21. The molecule has 0 aromatic rings. The van der Waals surface area contributed by atoms with Crippen LogP contribution >= 0.6 is 0 Å². The van der Waals surface area contributed by atoms with Gasteiger partial charge in [-0.05, 0) is 12.8 Å². The van der Waals surface area contributed by atoms with E-state index in [4.69, 9.17) is 5.73 Å². The molecule has 3 N–H and O–H groups in total. The molecule has 1 rings (SSSR count). The average molecular weight is 168 g/mol. The maximum absolute atomic E-state index is 5.33. The Morgan fingerprint density at radius 1 is 1.17 bits per heavy atom. The molecule has 1 fully saturated rings. The quantitative estimate of drug-likeness (QED) is 0.623. The maximum Gasteiger partial charge on any atom is 0.0137 e. The topological polar surface area (TPSA) is 38.0 Å². The van der Waals surface area contributed by atoms with Crippen LogP contribution in [0.1, 0.15) is 32.1 Å². The van der Waals surface area contributed by atoms with Crippen molar-refractivity contribution in [3.63, 3.8) is 0 Å². The fraction of sp³-hybridized carbons (Fsp3) is 0.800. The monoisotopic (exact) mass is 168 g/mol. The molecule has 0 atom stereocenters. The van der Waals surface area contributed by atoms with Crippen LogP contribution in [-0.2, 0) is 0 Å². The van der Waals surface area contributed by atoms with E-state index in [1.807, 2.05) is 6.08 Å². The first-order valence-electron chi connectivity index (χ1n) is 5.02. The standard InChI is InChI=1S/C10H20N2/c11-8-4-5-9-12-10-6-2-1-3-7-10/h4-5,10,12H,1-3,6-9,11H2/b5-4+. The van der Waals surface area contributed by atoms with E-state index in [0.717, 1.165) is 12.6 Å². The van der Waals surface area contributed by atoms with Gasteiger partial charge in [-0.2, -0.15) is 0 Å². The Labute approximate surface area is 75.2 Å². The normalized spacial score (nSPS) is 20.4. The molecule has 2 heteroatoms. The van der Waals surface area contributed by atoms with Gasteiger partial charge >= 0.3 is 0 Å². The van der Waals surface area contributed by atoms with Gasteiger partial charge in [-0.25, -0.2) is 0 Å². The fourth-order valence-corrected chi connectivity index (χ4v) is 1.72. The largest absolute Gasteiger partial charge is 0.327 e. The van der Waals surface area contributed by atoms with E-state index in [9.17, 15) is 0 Å². The zero-order chi connectivity index (χ0) is 8.65. The van der Waals surface area contributed by atoms with Gasteiger partial charge in [0.15, 0.2) is 0 Å². The van der Waals surface area contributed by atoms with Crippen LogP contribution < -0.4 is 11.1 Å². The Bertz CT molecular complexity index is 126. The highest BCUT2D eigenvalue weighted by molar-refractivity contribution is 4.86. The first-order chi connectivity index (χ1) is 5.93. The van der Waals surface area contributed by atoms with Crippen LogP contribution in [0.4, 0.5) is 0 Å². The Kier molecular flexibility index (Phi) is 5.04. The van der Waals surface area contributed by atoms with Crippen molar-refractivity contribution in [1.82, 2.24) is 5.32 Å². The molecule has 1 saturated carbocycles. The van der Waals surface area contributed by atoms with E-state index < -0.39 is 0 Å². The first-order valence-corrected chi connectivity index (χ1v) is 5.02. The number of nitrogens with two attached hydrogens (primary N) is 1. The van der Waals surface area contributed by atoms with Gasteiger partial charge in [-0.1, -0.05) is 31.4 Å². The summed E-state index contributed by atoms with van der Waals surface area (Å²) in [7, 11) is 0. The lowest BCUT2D eigenvalue weighted by molar-refractivity contribution is 0.385.